The summed E-state index contributed by atoms with van der Waals surface area (Å²) >= 11 is 6.94. The number of hydrogen-bond donors (Lipinski definition) is 0. The molecule has 0 bridgehead atoms. The SMILES string of the molecule is CCN1CCN(c2c(/C=C3\SC(=S)N(C4CCCCC4)C3=O)c(C)c(C#N)c(=O)n2C)CC1. The fourth-order valence-electron chi connectivity index (χ4n) is 5.14. The van der Waals surface area contributed by atoms with E-state index in [0.29, 0.717) is 14.8 Å². The van der Waals surface area contributed by atoms with Crippen LogP contribution >= 0.6 is 24.0 Å². The van der Waals surface area contributed by atoms with Gasteiger partial charge in [-0.2, -0.15) is 5.26 Å². The second kappa shape index (κ2) is 10.00. The van der Waals surface area contributed by atoms with Crippen LogP contribution in [0.5, 0.6) is 0 Å². The molecule has 0 aromatic carbocycles. The number of aromatic nitrogens is 1. The van der Waals surface area contributed by atoms with Crippen molar-refractivity contribution >= 4 is 46.1 Å². The molecule has 1 amide bonds. The number of hydrogen-bond acceptors (Lipinski definition) is 7. The number of thiocarbonyl (C=S) groups is 1. The first-order valence-corrected chi connectivity index (χ1v) is 13.0. The van der Waals surface area contributed by atoms with Gasteiger partial charge in [-0.05, 0) is 37.9 Å². The van der Waals surface area contributed by atoms with E-state index < -0.39 is 0 Å². The Hall–Kier alpha value is -2.15. The van der Waals surface area contributed by atoms with Crippen LogP contribution in [0.4, 0.5) is 5.82 Å². The highest BCUT2D eigenvalue weighted by molar-refractivity contribution is 8.26. The predicted octanol–water partition coefficient (Wildman–Crippen LogP) is 3.24. The molecule has 176 valence electrons. The number of likely N-dealkylation sites (N-methyl/N-ethyl adjacent to an activating group) is 1. The number of anilines is 1. The topological polar surface area (TPSA) is 72.6 Å². The van der Waals surface area contributed by atoms with Crippen LogP contribution < -0.4 is 10.5 Å². The number of carbonyl (C=O) groups excluding carboxylic acids is 1. The minimum atomic E-state index is -0.296. The average Bonchev–Trinajstić information content (AvgIpc) is 3.11. The summed E-state index contributed by atoms with van der Waals surface area (Å²) in [5.41, 5.74) is 1.22. The first-order chi connectivity index (χ1) is 15.9. The van der Waals surface area contributed by atoms with Crippen molar-refractivity contribution in [1.82, 2.24) is 14.4 Å². The molecule has 1 saturated carbocycles. The molecule has 2 aliphatic heterocycles. The Morgan fingerprint density at radius 2 is 1.82 bits per heavy atom. The molecule has 0 unspecified atom stereocenters. The van der Waals surface area contributed by atoms with Crippen molar-refractivity contribution < 1.29 is 4.79 Å². The first-order valence-electron chi connectivity index (χ1n) is 11.7. The lowest BCUT2D eigenvalue weighted by Crippen LogP contribution is -2.48. The molecule has 1 aromatic heterocycles. The molecule has 3 heterocycles. The summed E-state index contributed by atoms with van der Waals surface area (Å²) in [4.78, 5) is 33.3. The van der Waals surface area contributed by atoms with Crippen molar-refractivity contribution in [3.8, 4) is 6.07 Å². The third kappa shape index (κ3) is 4.48. The van der Waals surface area contributed by atoms with Crippen molar-refractivity contribution in [2.75, 3.05) is 37.6 Å². The second-order valence-corrected chi connectivity index (χ2v) is 10.7. The Kier molecular flexibility index (Phi) is 7.27. The van der Waals surface area contributed by atoms with E-state index in [1.54, 1.807) is 23.4 Å². The maximum Gasteiger partial charge on any atom is 0.270 e. The standard InChI is InChI=1S/C24H31N5O2S2/c1-4-27-10-12-28(13-11-27)21-18(16(2)19(15-25)22(30)26(21)3)14-20-23(31)29(24(32)33-20)17-8-6-5-7-9-17/h14,17H,4-13H2,1-3H3/b20-14-. The maximum absolute atomic E-state index is 13.4. The lowest BCUT2D eigenvalue weighted by molar-refractivity contribution is -0.124. The van der Waals surface area contributed by atoms with Crippen LogP contribution in [-0.4, -0.2) is 63.4 Å². The molecule has 0 N–H and O–H groups in total. The highest BCUT2D eigenvalue weighted by Crippen LogP contribution is 2.39. The number of amides is 1. The summed E-state index contributed by atoms with van der Waals surface area (Å²) in [5.74, 6) is 0.723. The molecule has 4 rings (SSSR count). The molecule has 9 heteroatoms. The normalized spacial score (nSPS) is 21.8. The summed E-state index contributed by atoms with van der Waals surface area (Å²) in [6, 6.07) is 2.25. The molecular weight excluding hydrogens is 454 g/mol. The predicted molar refractivity (Wildman–Crippen MR) is 137 cm³/mol. The zero-order valence-corrected chi connectivity index (χ0v) is 21.2. The van der Waals surface area contributed by atoms with Crippen molar-refractivity contribution in [1.29, 1.82) is 5.26 Å². The molecule has 2 saturated heterocycles. The quantitative estimate of drug-likeness (QED) is 0.479. The molecule has 3 aliphatic rings. The van der Waals surface area contributed by atoms with Crippen LogP contribution in [0.3, 0.4) is 0 Å². The van der Waals surface area contributed by atoms with Gasteiger partial charge in [0.1, 0.15) is 21.8 Å². The number of pyridine rings is 1. The van der Waals surface area contributed by atoms with Gasteiger partial charge in [0.2, 0.25) is 0 Å². The number of rotatable bonds is 4. The molecule has 0 atom stereocenters. The van der Waals surface area contributed by atoms with Gasteiger partial charge in [0.05, 0.1) is 4.91 Å². The van der Waals surface area contributed by atoms with Crippen LogP contribution in [-0.2, 0) is 11.8 Å². The third-order valence-electron chi connectivity index (χ3n) is 7.13. The van der Waals surface area contributed by atoms with Gasteiger partial charge in [-0.15, -0.1) is 0 Å². The van der Waals surface area contributed by atoms with Gasteiger partial charge in [0.25, 0.3) is 11.5 Å². The van der Waals surface area contributed by atoms with Crippen LogP contribution in [0.25, 0.3) is 6.08 Å². The Labute approximate surface area is 205 Å². The maximum atomic E-state index is 13.4. The fourth-order valence-corrected chi connectivity index (χ4v) is 6.52. The van der Waals surface area contributed by atoms with Gasteiger partial charge < -0.3 is 9.80 Å². The minimum absolute atomic E-state index is 0.0505. The summed E-state index contributed by atoms with van der Waals surface area (Å²) in [6.07, 6.45) is 7.30. The van der Waals surface area contributed by atoms with E-state index in [-0.39, 0.29) is 23.1 Å². The lowest BCUT2D eigenvalue weighted by Gasteiger charge is -2.37. The van der Waals surface area contributed by atoms with Crippen LogP contribution in [0.2, 0.25) is 0 Å². The summed E-state index contributed by atoms with van der Waals surface area (Å²) in [6.45, 7) is 8.35. The highest BCUT2D eigenvalue weighted by Gasteiger charge is 2.38. The Morgan fingerprint density at radius 1 is 1.15 bits per heavy atom. The molecular formula is C24H31N5O2S2. The van der Waals surface area contributed by atoms with Gasteiger partial charge in [-0.25, -0.2) is 0 Å². The van der Waals surface area contributed by atoms with E-state index in [1.807, 2.05) is 6.08 Å². The van der Waals surface area contributed by atoms with Crippen molar-refractivity contribution in [2.45, 2.75) is 52.0 Å². The third-order valence-corrected chi connectivity index (χ3v) is 8.46. The van der Waals surface area contributed by atoms with Gasteiger partial charge in [0, 0.05) is 44.8 Å². The molecule has 1 aromatic rings. The van der Waals surface area contributed by atoms with Gasteiger partial charge in [-0.3, -0.25) is 19.1 Å². The molecule has 7 nitrogen and oxygen atoms in total. The highest BCUT2D eigenvalue weighted by atomic mass is 32.2. The largest absolute Gasteiger partial charge is 0.355 e. The number of carbonyl (C=O) groups is 1. The molecule has 33 heavy (non-hydrogen) atoms. The van der Waals surface area contributed by atoms with E-state index in [0.717, 1.165) is 69.8 Å². The van der Waals surface area contributed by atoms with E-state index >= 15 is 0 Å². The summed E-state index contributed by atoms with van der Waals surface area (Å²) in [7, 11) is 1.72. The average molecular weight is 486 g/mol. The van der Waals surface area contributed by atoms with E-state index in [9.17, 15) is 14.9 Å². The van der Waals surface area contributed by atoms with Crippen LogP contribution in [0.1, 0.15) is 55.7 Å². The van der Waals surface area contributed by atoms with Crippen LogP contribution in [0.15, 0.2) is 9.70 Å². The Bertz CT molecular complexity index is 1090. The monoisotopic (exact) mass is 485 g/mol. The number of thioether (sulfide) groups is 1. The number of piperazine rings is 1. The van der Waals surface area contributed by atoms with Gasteiger partial charge >= 0.3 is 0 Å². The van der Waals surface area contributed by atoms with Crippen molar-refractivity contribution in [3.05, 3.63) is 31.9 Å². The second-order valence-electron chi connectivity index (χ2n) is 8.98. The zero-order chi connectivity index (χ0) is 23.7. The lowest BCUT2D eigenvalue weighted by atomic mass is 9.94. The molecule has 0 radical (unpaired) electrons. The Balaban J connectivity index is 1.77. The van der Waals surface area contributed by atoms with Gasteiger partial charge in [0.15, 0.2) is 0 Å². The number of nitrogens with zero attached hydrogens (tertiary/aromatic N) is 5. The zero-order valence-electron chi connectivity index (χ0n) is 19.6. The van der Waals surface area contributed by atoms with E-state index in [1.165, 1.54) is 18.2 Å². The van der Waals surface area contributed by atoms with Crippen molar-refractivity contribution in [3.63, 3.8) is 0 Å². The van der Waals surface area contributed by atoms with Gasteiger partial charge in [-0.1, -0.05) is 50.2 Å². The molecule has 0 spiro atoms. The number of nitriles is 1. The smallest absolute Gasteiger partial charge is 0.270 e. The van der Waals surface area contributed by atoms with Crippen molar-refractivity contribution in [2.24, 2.45) is 7.05 Å². The molecule has 1 aliphatic carbocycles. The minimum Gasteiger partial charge on any atom is -0.355 e. The first kappa shape index (κ1) is 24.0. The fraction of sp³-hybridized carbons (Fsp3) is 0.583. The van der Waals surface area contributed by atoms with E-state index in [2.05, 4.69) is 22.8 Å². The summed E-state index contributed by atoms with van der Waals surface area (Å²) < 4.78 is 2.18. The van der Waals surface area contributed by atoms with E-state index in [4.69, 9.17) is 12.2 Å². The van der Waals surface area contributed by atoms with Crippen LogP contribution in [0, 0.1) is 18.3 Å². The molecule has 3 fully saturated rings. The Morgan fingerprint density at radius 3 is 2.42 bits per heavy atom. The summed E-state index contributed by atoms with van der Waals surface area (Å²) in [5, 5.41) is 9.68.